The van der Waals surface area contributed by atoms with Crippen LogP contribution in [0.1, 0.15) is 12.8 Å². The van der Waals surface area contributed by atoms with E-state index in [1.54, 1.807) is 19.2 Å². The summed E-state index contributed by atoms with van der Waals surface area (Å²) in [7, 11) is 7.60. The molecule has 1 N–H and O–H groups in total. The first kappa shape index (κ1) is 22.3. The van der Waals surface area contributed by atoms with Gasteiger partial charge in [0, 0.05) is 51.1 Å². The van der Waals surface area contributed by atoms with E-state index in [2.05, 4.69) is 5.32 Å². The van der Waals surface area contributed by atoms with Gasteiger partial charge in [-0.1, -0.05) is 0 Å². The van der Waals surface area contributed by atoms with Crippen molar-refractivity contribution in [1.29, 1.82) is 0 Å². The maximum atomic E-state index is 13.0. The van der Waals surface area contributed by atoms with Gasteiger partial charge in [0.1, 0.15) is 5.82 Å². The van der Waals surface area contributed by atoms with Gasteiger partial charge in [0.15, 0.2) is 11.5 Å². The SMILES string of the molecule is COc1cc(NC(=O)[C@@H]2CCCN(c3cc(=O)n(C)c(=O)n3C)C2)cc(OC)c1OC. The average Bonchev–Trinajstić information content (AvgIpc) is 2.79. The largest absolute Gasteiger partial charge is 0.493 e. The van der Waals surface area contributed by atoms with Crippen molar-refractivity contribution >= 4 is 17.4 Å². The molecule has 2 aromatic rings. The Bertz CT molecular complexity index is 1070. The van der Waals surface area contributed by atoms with Crippen LogP contribution in [0.2, 0.25) is 0 Å². The fraction of sp³-hybridized carbons (Fsp3) is 0.476. The smallest absolute Gasteiger partial charge is 0.332 e. The highest BCUT2D eigenvalue weighted by molar-refractivity contribution is 5.93. The molecule has 31 heavy (non-hydrogen) atoms. The summed E-state index contributed by atoms with van der Waals surface area (Å²) in [6.07, 6.45) is 1.46. The lowest BCUT2D eigenvalue weighted by Gasteiger charge is -2.34. The van der Waals surface area contributed by atoms with Crippen LogP contribution in [-0.4, -0.2) is 49.5 Å². The number of carbonyl (C=O) groups excluding carboxylic acids is 1. The van der Waals surface area contributed by atoms with E-state index in [0.717, 1.165) is 11.0 Å². The molecule has 1 aromatic carbocycles. The highest BCUT2D eigenvalue weighted by Crippen LogP contribution is 2.40. The highest BCUT2D eigenvalue weighted by atomic mass is 16.5. The summed E-state index contributed by atoms with van der Waals surface area (Å²) in [4.78, 5) is 39.3. The van der Waals surface area contributed by atoms with Gasteiger partial charge < -0.3 is 24.4 Å². The quantitative estimate of drug-likeness (QED) is 0.725. The predicted molar refractivity (Wildman–Crippen MR) is 117 cm³/mol. The van der Waals surface area contributed by atoms with Gasteiger partial charge in [-0.05, 0) is 12.8 Å². The molecule has 1 amide bonds. The number of hydrogen-bond acceptors (Lipinski definition) is 7. The number of methoxy groups -OCH3 is 3. The summed E-state index contributed by atoms with van der Waals surface area (Å²) in [6.45, 7) is 1.06. The summed E-state index contributed by atoms with van der Waals surface area (Å²) < 4.78 is 18.5. The summed E-state index contributed by atoms with van der Waals surface area (Å²) in [5.74, 6) is 1.37. The number of rotatable bonds is 6. The van der Waals surface area contributed by atoms with E-state index in [1.807, 2.05) is 4.90 Å². The number of piperidine rings is 1. The van der Waals surface area contributed by atoms with Crippen LogP contribution in [0.5, 0.6) is 17.2 Å². The number of hydrogen-bond donors (Lipinski definition) is 1. The molecular weight excluding hydrogens is 404 g/mol. The molecule has 2 heterocycles. The fourth-order valence-corrected chi connectivity index (χ4v) is 3.82. The normalized spacial score (nSPS) is 16.0. The molecule has 3 rings (SSSR count). The number of amides is 1. The van der Waals surface area contributed by atoms with E-state index in [9.17, 15) is 14.4 Å². The number of anilines is 2. The molecular formula is C21H28N4O6. The van der Waals surface area contributed by atoms with Crippen LogP contribution in [0, 0.1) is 5.92 Å². The minimum atomic E-state index is -0.397. The fourth-order valence-electron chi connectivity index (χ4n) is 3.82. The molecule has 168 valence electrons. The zero-order valence-electron chi connectivity index (χ0n) is 18.4. The third-order valence-electron chi connectivity index (χ3n) is 5.55. The molecule has 0 unspecified atom stereocenters. The third kappa shape index (κ3) is 4.37. The number of benzene rings is 1. The first-order valence-electron chi connectivity index (χ1n) is 9.93. The van der Waals surface area contributed by atoms with Gasteiger partial charge in [-0.2, -0.15) is 0 Å². The second kappa shape index (κ2) is 9.15. The van der Waals surface area contributed by atoms with E-state index in [4.69, 9.17) is 14.2 Å². The van der Waals surface area contributed by atoms with Gasteiger partial charge in [0.05, 0.1) is 27.2 Å². The van der Waals surface area contributed by atoms with Crippen molar-refractivity contribution in [2.75, 3.05) is 44.6 Å². The van der Waals surface area contributed by atoms with Crippen LogP contribution in [0.4, 0.5) is 11.5 Å². The molecule has 1 atom stereocenters. The van der Waals surface area contributed by atoms with Gasteiger partial charge in [-0.15, -0.1) is 0 Å². The second-order valence-electron chi connectivity index (χ2n) is 7.43. The van der Waals surface area contributed by atoms with E-state index in [-0.39, 0.29) is 17.4 Å². The molecule has 10 nitrogen and oxygen atoms in total. The minimum Gasteiger partial charge on any atom is -0.493 e. The van der Waals surface area contributed by atoms with Crippen molar-refractivity contribution in [2.24, 2.45) is 20.0 Å². The number of aromatic nitrogens is 2. The van der Waals surface area contributed by atoms with Crippen LogP contribution in [0.15, 0.2) is 27.8 Å². The summed E-state index contributed by atoms with van der Waals surface area (Å²) in [5, 5.41) is 2.92. The lowest BCUT2D eigenvalue weighted by molar-refractivity contribution is -0.120. The Morgan fingerprint density at radius 1 is 1.00 bits per heavy atom. The van der Waals surface area contributed by atoms with E-state index < -0.39 is 5.69 Å². The van der Waals surface area contributed by atoms with Crippen LogP contribution in [-0.2, 0) is 18.9 Å². The third-order valence-corrected chi connectivity index (χ3v) is 5.55. The highest BCUT2D eigenvalue weighted by Gasteiger charge is 2.28. The Balaban J connectivity index is 1.81. The summed E-state index contributed by atoms with van der Waals surface area (Å²) in [6, 6.07) is 4.77. The summed E-state index contributed by atoms with van der Waals surface area (Å²) in [5.41, 5.74) is -0.244. The molecule has 0 aliphatic carbocycles. The maximum absolute atomic E-state index is 13.0. The molecule has 1 aliphatic heterocycles. The maximum Gasteiger partial charge on any atom is 0.332 e. The number of carbonyl (C=O) groups is 1. The Labute approximate surface area is 179 Å². The van der Waals surface area contributed by atoms with Crippen molar-refractivity contribution in [3.8, 4) is 17.2 Å². The Hall–Kier alpha value is -3.43. The number of nitrogens with zero attached hydrogens (tertiary/aromatic N) is 3. The van der Waals surface area contributed by atoms with Gasteiger partial charge in [-0.25, -0.2) is 4.79 Å². The van der Waals surface area contributed by atoms with Crippen molar-refractivity contribution in [3.63, 3.8) is 0 Å². The standard InChI is InChI=1S/C21H28N4O6/c1-23-17(11-18(26)24(2)21(23)28)25-8-6-7-13(12-25)20(27)22-14-9-15(29-3)19(31-5)16(10-14)30-4/h9-11,13H,6-8,12H2,1-5H3,(H,22,27)/t13-/m1/s1. The lowest BCUT2D eigenvalue weighted by atomic mass is 9.97. The summed E-state index contributed by atoms with van der Waals surface area (Å²) >= 11 is 0. The molecule has 0 saturated carbocycles. The molecule has 0 radical (unpaired) electrons. The molecule has 1 aromatic heterocycles. The second-order valence-corrected chi connectivity index (χ2v) is 7.43. The van der Waals surface area contributed by atoms with Gasteiger partial charge >= 0.3 is 5.69 Å². The van der Waals surface area contributed by atoms with E-state index >= 15 is 0 Å². The lowest BCUT2D eigenvalue weighted by Crippen LogP contribution is -2.45. The Morgan fingerprint density at radius 3 is 2.23 bits per heavy atom. The average molecular weight is 432 g/mol. The molecule has 1 fully saturated rings. The first-order valence-corrected chi connectivity index (χ1v) is 9.93. The Kier molecular flexibility index (Phi) is 6.57. The molecule has 0 spiro atoms. The van der Waals surface area contributed by atoms with Crippen molar-refractivity contribution in [3.05, 3.63) is 39.0 Å². The number of nitrogens with one attached hydrogen (secondary N) is 1. The molecule has 1 saturated heterocycles. The van der Waals surface area contributed by atoms with Crippen molar-refractivity contribution < 1.29 is 19.0 Å². The predicted octanol–water partition coefficient (Wildman–Crippen LogP) is 0.965. The van der Waals surface area contributed by atoms with E-state index in [0.29, 0.717) is 48.3 Å². The van der Waals surface area contributed by atoms with Crippen molar-refractivity contribution in [2.45, 2.75) is 12.8 Å². The van der Waals surface area contributed by atoms with E-state index in [1.165, 1.54) is 39.0 Å². The topological polar surface area (TPSA) is 104 Å². The first-order chi connectivity index (χ1) is 14.8. The van der Waals surface area contributed by atoms with Crippen LogP contribution in [0.25, 0.3) is 0 Å². The molecule has 0 bridgehead atoms. The Morgan fingerprint density at radius 2 is 1.65 bits per heavy atom. The van der Waals surface area contributed by atoms with Crippen LogP contribution >= 0.6 is 0 Å². The van der Waals surface area contributed by atoms with Gasteiger partial charge in [0.25, 0.3) is 5.56 Å². The monoisotopic (exact) mass is 432 g/mol. The van der Waals surface area contributed by atoms with Crippen molar-refractivity contribution in [1.82, 2.24) is 9.13 Å². The van der Waals surface area contributed by atoms with Gasteiger partial charge in [0.2, 0.25) is 11.7 Å². The molecule has 1 aliphatic rings. The minimum absolute atomic E-state index is 0.159. The number of ether oxygens (including phenoxy) is 3. The zero-order valence-corrected chi connectivity index (χ0v) is 18.4. The van der Waals surface area contributed by atoms with Crippen LogP contribution in [0.3, 0.4) is 0 Å². The van der Waals surface area contributed by atoms with Crippen LogP contribution < -0.4 is 35.7 Å². The molecule has 10 heteroatoms. The van der Waals surface area contributed by atoms with Gasteiger partial charge in [-0.3, -0.25) is 18.7 Å². The zero-order chi connectivity index (χ0) is 22.7.